The van der Waals surface area contributed by atoms with Crippen LogP contribution in [0, 0.1) is 5.92 Å². The Hall–Kier alpha value is -0.970. The fourth-order valence-electron chi connectivity index (χ4n) is 3.23. The highest BCUT2D eigenvalue weighted by atomic mass is 32.2. The number of fused-ring (bicyclic) bond motifs is 2. The summed E-state index contributed by atoms with van der Waals surface area (Å²) in [5, 5.41) is 0.485. The zero-order valence-corrected chi connectivity index (χ0v) is 11.4. The summed E-state index contributed by atoms with van der Waals surface area (Å²) < 4.78 is 13.9. The van der Waals surface area contributed by atoms with Crippen LogP contribution in [0.2, 0.25) is 0 Å². The van der Waals surface area contributed by atoms with Gasteiger partial charge >= 0.3 is 0 Å². The molecule has 0 spiro atoms. The molecule has 0 saturated carbocycles. The van der Waals surface area contributed by atoms with Crippen LogP contribution in [0.15, 0.2) is 12.4 Å². The van der Waals surface area contributed by atoms with E-state index in [9.17, 15) is 9.00 Å². The molecule has 1 aromatic heterocycles. The van der Waals surface area contributed by atoms with E-state index in [2.05, 4.69) is 4.98 Å². The molecule has 2 atom stereocenters. The first kappa shape index (κ1) is 12.1. The molecule has 2 fully saturated rings. The number of hydrogen-bond acceptors (Lipinski definition) is 3. The molecule has 2 aliphatic rings. The number of hydrogen-bond donors (Lipinski definition) is 0. The molecule has 1 aromatic rings. The van der Waals surface area contributed by atoms with Crippen molar-refractivity contribution in [2.24, 2.45) is 13.0 Å². The van der Waals surface area contributed by atoms with Crippen LogP contribution in [0.5, 0.6) is 0 Å². The number of aromatic nitrogens is 2. The maximum absolute atomic E-state index is 12.4. The van der Waals surface area contributed by atoms with Gasteiger partial charge in [0.25, 0.3) is 0 Å². The minimum absolute atomic E-state index is 0.0269. The molecular weight excluding hydrogens is 248 g/mol. The molecule has 3 heterocycles. The van der Waals surface area contributed by atoms with E-state index in [1.165, 1.54) is 6.42 Å². The highest BCUT2D eigenvalue weighted by molar-refractivity contribution is 7.86. The number of ketones is 1. The Kier molecular flexibility index (Phi) is 3.09. The standard InChI is InChI=1S/C13H18N2O2S/c1-15-6-5-14-13(15)12(16)9-7-10-3-2-4-11(8-9)18(10)17/h5-6,9-11H,2-4,7-8H2,1H3. The maximum atomic E-state index is 12.4. The van der Waals surface area contributed by atoms with Crippen LogP contribution in [0.4, 0.5) is 0 Å². The van der Waals surface area contributed by atoms with Crippen molar-refractivity contribution in [2.45, 2.75) is 42.6 Å². The third-order valence-corrected chi connectivity index (χ3v) is 6.39. The van der Waals surface area contributed by atoms with Crippen molar-refractivity contribution >= 4 is 16.6 Å². The van der Waals surface area contributed by atoms with E-state index < -0.39 is 10.8 Å². The highest BCUT2D eigenvalue weighted by Gasteiger charge is 2.41. The maximum Gasteiger partial charge on any atom is 0.201 e. The predicted octanol–water partition coefficient (Wildman–Crippen LogP) is 1.68. The van der Waals surface area contributed by atoms with Crippen LogP contribution in [-0.4, -0.2) is 30.0 Å². The molecule has 2 aliphatic heterocycles. The quantitative estimate of drug-likeness (QED) is 0.765. The van der Waals surface area contributed by atoms with Gasteiger partial charge in [0.2, 0.25) is 5.78 Å². The van der Waals surface area contributed by atoms with Gasteiger partial charge in [-0.1, -0.05) is 6.42 Å². The molecule has 4 nitrogen and oxygen atoms in total. The van der Waals surface area contributed by atoms with Crippen LogP contribution in [-0.2, 0) is 17.8 Å². The van der Waals surface area contributed by atoms with E-state index in [0.717, 1.165) is 25.7 Å². The first-order valence-corrected chi connectivity index (χ1v) is 7.85. The molecule has 2 saturated heterocycles. The molecular formula is C13H18N2O2S. The smallest absolute Gasteiger partial charge is 0.201 e. The van der Waals surface area contributed by atoms with Crippen LogP contribution in [0.3, 0.4) is 0 Å². The molecule has 3 rings (SSSR count). The lowest BCUT2D eigenvalue weighted by molar-refractivity contribution is 0.0881. The number of aryl methyl sites for hydroxylation is 1. The van der Waals surface area contributed by atoms with E-state index in [-0.39, 0.29) is 22.2 Å². The van der Waals surface area contributed by atoms with Crippen molar-refractivity contribution in [3.8, 4) is 0 Å². The van der Waals surface area contributed by atoms with Crippen LogP contribution in [0.1, 0.15) is 42.7 Å². The molecule has 0 aliphatic carbocycles. The minimum atomic E-state index is -0.705. The lowest BCUT2D eigenvalue weighted by atomic mass is 9.86. The van der Waals surface area contributed by atoms with Gasteiger partial charge in [0.15, 0.2) is 5.82 Å². The largest absolute Gasteiger partial charge is 0.332 e. The Morgan fingerprint density at radius 3 is 2.61 bits per heavy atom. The van der Waals surface area contributed by atoms with E-state index in [1.54, 1.807) is 17.0 Å². The van der Waals surface area contributed by atoms with Gasteiger partial charge in [0, 0.05) is 46.7 Å². The second-order valence-electron chi connectivity index (χ2n) is 5.40. The number of rotatable bonds is 2. The third kappa shape index (κ3) is 1.94. The molecule has 0 aromatic carbocycles. The summed E-state index contributed by atoms with van der Waals surface area (Å²) in [6.45, 7) is 0. The van der Waals surface area contributed by atoms with Crippen molar-refractivity contribution in [1.29, 1.82) is 0 Å². The fourth-order valence-corrected chi connectivity index (χ4v) is 5.42. The van der Waals surface area contributed by atoms with E-state index in [1.807, 2.05) is 7.05 Å². The lowest BCUT2D eigenvalue weighted by Crippen LogP contribution is -2.41. The molecule has 98 valence electrons. The second kappa shape index (κ2) is 4.61. The van der Waals surface area contributed by atoms with Gasteiger partial charge in [-0.3, -0.25) is 9.00 Å². The Labute approximate surface area is 109 Å². The third-order valence-electron chi connectivity index (χ3n) is 4.22. The van der Waals surface area contributed by atoms with Crippen molar-refractivity contribution < 1.29 is 9.00 Å². The van der Waals surface area contributed by atoms with E-state index in [0.29, 0.717) is 5.82 Å². The zero-order valence-electron chi connectivity index (χ0n) is 10.5. The fraction of sp³-hybridized carbons (Fsp3) is 0.692. The first-order chi connectivity index (χ1) is 8.66. The summed E-state index contributed by atoms with van der Waals surface area (Å²) in [5.74, 6) is 0.709. The minimum Gasteiger partial charge on any atom is -0.332 e. The normalized spacial score (nSPS) is 35.4. The van der Waals surface area contributed by atoms with Gasteiger partial charge in [-0.2, -0.15) is 0 Å². The Morgan fingerprint density at radius 2 is 2.06 bits per heavy atom. The van der Waals surface area contributed by atoms with Crippen molar-refractivity contribution in [2.75, 3.05) is 0 Å². The predicted molar refractivity (Wildman–Crippen MR) is 69.8 cm³/mol. The topological polar surface area (TPSA) is 52.0 Å². The van der Waals surface area contributed by atoms with Gasteiger partial charge < -0.3 is 4.57 Å². The average molecular weight is 266 g/mol. The zero-order chi connectivity index (χ0) is 12.7. The lowest BCUT2D eigenvalue weighted by Gasteiger charge is -2.37. The Morgan fingerprint density at radius 1 is 1.39 bits per heavy atom. The number of carbonyl (C=O) groups is 1. The van der Waals surface area contributed by atoms with Gasteiger partial charge in [0.05, 0.1) is 0 Å². The number of carbonyl (C=O) groups excluding carboxylic acids is 1. The Bertz CT molecular complexity index is 481. The number of Topliss-reactive ketones (excluding diaryl/α,β-unsaturated/α-hetero) is 1. The highest BCUT2D eigenvalue weighted by Crippen LogP contribution is 2.38. The first-order valence-electron chi connectivity index (χ1n) is 6.57. The van der Waals surface area contributed by atoms with Gasteiger partial charge in [-0.25, -0.2) is 4.98 Å². The number of nitrogens with zero attached hydrogens (tertiary/aromatic N) is 2. The molecule has 0 radical (unpaired) electrons. The summed E-state index contributed by atoms with van der Waals surface area (Å²) in [6.07, 6.45) is 8.25. The van der Waals surface area contributed by atoms with Crippen LogP contribution < -0.4 is 0 Å². The van der Waals surface area contributed by atoms with Gasteiger partial charge in [-0.05, 0) is 25.7 Å². The van der Waals surface area contributed by atoms with E-state index in [4.69, 9.17) is 0 Å². The molecule has 2 unspecified atom stereocenters. The SMILES string of the molecule is Cn1ccnc1C(=O)C1CC2CCCC(C1)S2=O. The summed E-state index contributed by atoms with van der Waals surface area (Å²) in [4.78, 5) is 16.6. The summed E-state index contributed by atoms with van der Waals surface area (Å²) >= 11 is 0. The van der Waals surface area contributed by atoms with Crippen LogP contribution in [0.25, 0.3) is 0 Å². The molecule has 0 amide bonds. The van der Waals surface area contributed by atoms with Gasteiger partial charge in [0.1, 0.15) is 0 Å². The van der Waals surface area contributed by atoms with Crippen molar-refractivity contribution in [1.82, 2.24) is 9.55 Å². The second-order valence-corrected chi connectivity index (χ2v) is 7.39. The monoisotopic (exact) mass is 266 g/mol. The summed E-state index contributed by atoms with van der Waals surface area (Å²) in [6, 6.07) is 0. The Balaban J connectivity index is 1.80. The number of imidazole rings is 1. The molecule has 5 heteroatoms. The van der Waals surface area contributed by atoms with Crippen LogP contribution >= 0.6 is 0 Å². The van der Waals surface area contributed by atoms with Gasteiger partial charge in [-0.15, -0.1) is 0 Å². The summed E-state index contributed by atoms with van der Waals surface area (Å²) in [5.41, 5.74) is 0. The average Bonchev–Trinajstić information content (AvgIpc) is 2.74. The van der Waals surface area contributed by atoms with Crippen molar-refractivity contribution in [3.05, 3.63) is 18.2 Å². The molecule has 2 bridgehead atoms. The summed E-state index contributed by atoms with van der Waals surface area (Å²) in [7, 11) is 1.14. The molecule has 18 heavy (non-hydrogen) atoms. The molecule has 0 N–H and O–H groups in total. The van der Waals surface area contributed by atoms with E-state index >= 15 is 0 Å². The van der Waals surface area contributed by atoms with Crippen molar-refractivity contribution in [3.63, 3.8) is 0 Å².